The number of carbonyl (C=O) groups is 12. The number of nitrogens with one attached hydrogen (secondary N) is 8. The molecule has 19 N–H and O–H groups in total. The third-order valence-corrected chi connectivity index (χ3v) is 10.4. The van der Waals surface area contributed by atoms with Gasteiger partial charge >= 0.3 is 11.9 Å². The molecule has 0 aromatic carbocycles. The number of guanidine groups is 1. The molecule has 0 aromatic rings. The molecule has 0 unspecified atom stereocenters. The van der Waals surface area contributed by atoms with Crippen LogP contribution in [0, 0.1) is 17.8 Å². The monoisotopic (exact) mass is 1000 g/mol. The first-order valence-corrected chi connectivity index (χ1v) is 22.6. The number of rotatable bonds is 34. The van der Waals surface area contributed by atoms with Gasteiger partial charge in [0, 0.05) is 26.3 Å². The van der Waals surface area contributed by atoms with Crippen LogP contribution < -0.4 is 65.5 Å². The molecule has 0 rings (SSSR count). The van der Waals surface area contributed by atoms with Crippen molar-refractivity contribution in [2.45, 2.75) is 155 Å². The second-order valence-electron chi connectivity index (χ2n) is 17.4. The van der Waals surface area contributed by atoms with E-state index in [1.165, 1.54) is 6.92 Å². The van der Waals surface area contributed by atoms with Gasteiger partial charge in [0.05, 0.1) is 13.0 Å². The first-order chi connectivity index (χ1) is 32.5. The summed E-state index contributed by atoms with van der Waals surface area (Å²) in [6.45, 7) is 9.87. The number of nitrogens with zero attached hydrogens (tertiary/aromatic N) is 1. The highest BCUT2D eigenvalue weighted by Crippen LogP contribution is 2.13. The summed E-state index contributed by atoms with van der Waals surface area (Å²) in [7, 11) is 0. The summed E-state index contributed by atoms with van der Waals surface area (Å²) >= 11 is 0. The van der Waals surface area contributed by atoms with Crippen molar-refractivity contribution in [3.05, 3.63) is 0 Å². The number of primary amides is 2. The lowest BCUT2D eigenvalue weighted by Crippen LogP contribution is -2.61. The molecule has 0 spiro atoms. The predicted octanol–water partition coefficient (Wildman–Crippen LogP) is -5.23. The van der Waals surface area contributed by atoms with E-state index in [1.54, 1.807) is 34.6 Å². The fourth-order valence-corrected chi connectivity index (χ4v) is 6.49. The summed E-state index contributed by atoms with van der Waals surface area (Å²) in [6.07, 6.45) is -2.75. The maximum absolute atomic E-state index is 14.0. The quantitative estimate of drug-likeness (QED) is 0.0163. The Labute approximate surface area is 405 Å². The predicted molar refractivity (Wildman–Crippen MR) is 249 cm³/mol. The molecular weight excluding hydrogens is 927 g/mol. The molecule has 0 aliphatic heterocycles. The Hall–Kier alpha value is -7.13. The zero-order valence-electron chi connectivity index (χ0n) is 40.6. The van der Waals surface area contributed by atoms with Crippen molar-refractivity contribution in [2.24, 2.45) is 45.7 Å². The molecule has 0 heterocycles. The van der Waals surface area contributed by atoms with Gasteiger partial charge in [0.2, 0.25) is 59.1 Å². The van der Waals surface area contributed by atoms with Gasteiger partial charge in [0.25, 0.3) is 0 Å². The second-order valence-corrected chi connectivity index (χ2v) is 17.4. The highest BCUT2D eigenvalue weighted by atomic mass is 16.4. The van der Waals surface area contributed by atoms with E-state index in [9.17, 15) is 72.9 Å². The summed E-state index contributed by atoms with van der Waals surface area (Å²) in [5, 5.41) is 48.0. The summed E-state index contributed by atoms with van der Waals surface area (Å²) < 4.78 is 0. The largest absolute Gasteiger partial charge is 0.481 e. The molecule has 396 valence electrons. The molecule has 70 heavy (non-hydrogen) atoms. The maximum Gasteiger partial charge on any atom is 0.326 e. The number of aliphatic imine (C=N–C) groups is 1. The highest BCUT2D eigenvalue weighted by Gasteiger charge is 2.36. The number of amides is 10. The van der Waals surface area contributed by atoms with E-state index in [4.69, 9.17) is 22.9 Å². The third kappa shape index (κ3) is 24.8. The minimum atomic E-state index is -1.77. The van der Waals surface area contributed by atoms with Crippen LogP contribution in [0.4, 0.5) is 0 Å². The van der Waals surface area contributed by atoms with E-state index in [1.807, 2.05) is 0 Å². The van der Waals surface area contributed by atoms with Crippen LogP contribution >= 0.6 is 0 Å². The van der Waals surface area contributed by atoms with Crippen LogP contribution in [0.25, 0.3) is 0 Å². The Balaban J connectivity index is 6.63. The average molecular weight is 1000 g/mol. The summed E-state index contributed by atoms with van der Waals surface area (Å²) in [4.78, 5) is 158. The van der Waals surface area contributed by atoms with Crippen LogP contribution in [-0.2, 0) is 57.5 Å². The number of aliphatic hydroxyl groups is 1. The van der Waals surface area contributed by atoms with E-state index < -0.39 is 170 Å². The third-order valence-electron chi connectivity index (χ3n) is 10.4. The zero-order chi connectivity index (χ0) is 54.0. The van der Waals surface area contributed by atoms with Crippen LogP contribution in [0.3, 0.4) is 0 Å². The zero-order valence-corrected chi connectivity index (χ0v) is 40.6. The number of hydrogen-bond acceptors (Lipinski definition) is 14. The molecule has 0 aromatic heterocycles. The standard InChI is InChI=1S/C42H73N13O15/c1-8-21(6)33(55-36(64)25(12-14-31(60)61)49-37(65)27(17-30(44)59)52-34(62)23(48-22(7)57)10-9-15-47-42(45)46)40(68)50-24(11-13-29(43)58)35(63)53-28(18-56)39(67)51-26(16-19(2)3)38(66)54-32(20(4)5)41(69)70/h19-21,23-28,32-33,56H,8-18H2,1-7H3,(H2,43,58)(H2,44,59)(H,48,57)(H,49,65)(H,50,68)(H,51,67)(H,52,62)(H,53,63)(H,54,66)(H,55,64)(H,60,61)(H,69,70)(H4,45,46,47)/t21-,23-,24-,25-,26-,27-,28-,32-,33-/m0/s1. The molecule has 0 aliphatic carbocycles. The molecule has 9 atom stereocenters. The van der Waals surface area contributed by atoms with Crippen molar-refractivity contribution in [1.29, 1.82) is 0 Å². The normalized spacial score (nSPS) is 14.8. The second kappa shape index (κ2) is 31.8. The van der Waals surface area contributed by atoms with Crippen molar-refractivity contribution in [1.82, 2.24) is 42.5 Å². The number of hydrogen-bond donors (Lipinski definition) is 15. The lowest BCUT2D eigenvalue weighted by Gasteiger charge is -2.29. The van der Waals surface area contributed by atoms with Crippen molar-refractivity contribution in [2.75, 3.05) is 13.2 Å². The smallest absolute Gasteiger partial charge is 0.326 e. The van der Waals surface area contributed by atoms with Crippen molar-refractivity contribution in [3.63, 3.8) is 0 Å². The van der Waals surface area contributed by atoms with E-state index in [2.05, 4.69) is 47.5 Å². The fourth-order valence-electron chi connectivity index (χ4n) is 6.49. The lowest BCUT2D eigenvalue weighted by molar-refractivity contribution is -0.143. The Morgan fingerprint density at radius 2 is 0.971 bits per heavy atom. The number of aliphatic hydroxyl groups excluding tert-OH is 1. The van der Waals surface area contributed by atoms with E-state index >= 15 is 0 Å². The molecular formula is C42H73N13O15. The molecule has 0 bridgehead atoms. The molecule has 28 nitrogen and oxygen atoms in total. The van der Waals surface area contributed by atoms with Crippen LogP contribution in [0.15, 0.2) is 4.99 Å². The van der Waals surface area contributed by atoms with Crippen molar-refractivity contribution < 1.29 is 72.9 Å². The van der Waals surface area contributed by atoms with Gasteiger partial charge in [-0.25, -0.2) is 4.79 Å². The maximum atomic E-state index is 14.0. The van der Waals surface area contributed by atoms with Gasteiger partial charge < -0.3 is 80.8 Å². The molecule has 0 saturated heterocycles. The highest BCUT2D eigenvalue weighted by molar-refractivity contribution is 5.99. The molecule has 0 fully saturated rings. The number of carboxylic acids is 2. The average Bonchev–Trinajstić information content (AvgIpc) is 3.25. The Bertz CT molecular complexity index is 1890. The van der Waals surface area contributed by atoms with E-state index in [-0.39, 0.29) is 44.1 Å². The summed E-state index contributed by atoms with van der Waals surface area (Å²) in [5.41, 5.74) is 21.3. The number of carbonyl (C=O) groups excluding carboxylic acids is 10. The molecule has 0 aliphatic rings. The Morgan fingerprint density at radius 3 is 1.43 bits per heavy atom. The number of carboxylic acid groups (broad SMARTS) is 2. The molecule has 0 saturated carbocycles. The van der Waals surface area contributed by atoms with Gasteiger partial charge in [-0.3, -0.25) is 57.7 Å². The minimum Gasteiger partial charge on any atom is -0.481 e. The SMILES string of the molecule is CC[C@H](C)[C@H](NC(=O)[C@H](CCC(=O)O)NC(=O)[C@H](CC(N)=O)NC(=O)[C@H](CCCN=C(N)N)NC(C)=O)C(=O)N[C@@H](CCC(N)=O)C(=O)N[C@@H](CO)C(=O)N[C@@H](CC(C)C)C(=O)N[C@H](C(=O)O)C(C)C. The van der Waals surface area contributed by atoms with E-state index in [0.29, 0.717) is 0 Å². The Morgan fingerprint density at radius 1 is 0.529 bits per heavy atom. The Kier molecular flexibility index (Phi) is 28.6. The lowest BCUT2D eigenvalue weighted by atomic mass is 9.96. The molecule has 28 heteroatoms. The molecule has 10 amide bonds. The number of nitrogens with two attached hydrogens (primary N) is 4. The first-order valence-electron chi connectivity index (χ1n) is 22.6. The number of aliphatic carboxylic acids is 2. The first kappa shape index (κ1) is 62.9. The van der Waals surface area contributed by atoms with Gasteiger partial charge in [-0.2, -0.15) is 0 Å². The van der Waals surface area contributed by atoms with Crippen LogP contribution in [0.2, 0.25) is 0 Å². The van der Waals surface area contributed by atoms with Crippen molar-refractivity contribution in [3.8, 4) is 0 Å². The van der Waals surface area contributed by atoms with Crippen LogP contribution in [0.1, 0.15) is 106 Å². The van der Waals surface area contributed by atoms with Gasteiger partial charge in [-0.15, -0.1) is 0 Å². The minimum absolute atomic E-state index is 0.0173. The van der Waals surface area contributed by atoms with Gasteiger partial charge in [-0.1, -0.05) is 48.0 Å². The van der Waals surface area contributed by atoms with Crippen LogP contribution in [0.5, 0.6) is 0 Å². The fraction of sp³-hybridized carbons (Fsp3) is 0.690. The summed E-state index contributed by atoms with van der Waals surface area (Å²) in [6, 6.07) is -12.4. The van der Waals surface area contributed by atoms with Crippen LogP contribution in [-0.4, -0.2) is 154 Å². The van der Waals surface area contributed by atoms with E-state index in [0.717, 1.165) is 6.92 Å². The van der Waals surface area contributed by atoms with Gasteiger partial charge in [0.15, 0.2) is 5.96 Å². The summed E-state index contributed by atoms with van der Waals surface area (Å²) in [5.74, 6) is -14.4. The topological polar surface area (TPSA) is 478 Å². The molecule has 0 radical (unpaired) electrons. The van der Waals surface area contributed by atoms with Gasteiger partial charge in [0.1, 0.15) is 48.3 Å². The van der Waals surface area contributed by atoms with Crippen molar-refractivity contribution >= 4 is 77.0 Å². The van der Waals surface area contributed by atoms with Gasteiger partial charge in [-0.05, 0) is 49.9 Å².